The zero-order valence-electron chi connectivity index (χ0n) is 9.59. The minimum absolute atomic E-state index is 0.0709. The molecule has 18 heavy (non-hydrogen) atoms. The lowest BCUT2D eigenvalue weighted by Gasteiger charge is -2.09. The molecule has 0 saturated carbocycles. The standard InChI is InChI=1S/C12H9IN4O/c1-8-16-6-11(13)12(18)17(8)7-9-2-3-15-10(4-9)5-14/h2-4,6H,7H2,1H3. The monoisotopic (exact) mass is 352 g/mol. The van der Waals surface area contributed by atoms with E-state index in [0.29, 0.717) is 21.6 Å². The summed E-state index contributed by atoms with van der Waals surface area (Å²) in [6.45, 7) is 2.18. The van der Waals surface area contributed by atoms with E-state index in [4.69, 9.17) is 5.26 Å². The molecule has 0 aliphatic rings. The van der Waals surface area contributed by atoms with Crippen molar-refractivity contribution in [2.75, 3.05) is 0 Å². The number of pyridine rings is 1. The van der Waals surface area contributed by atoms with Crippen LogP contribution in [0, 0.1) is 21.8 Å². The normalized spacial score (nSPS) is 10.1. The number of nitriles is 1. The first kappa shape index (κ1) is 12.7. The first-order chi connectivity index (χ1) is 8.61. The second-order valence-corrected chi connectivity index (χ2v) is 4.87. The number of aromatic nitrogens is 3. The molecule has 0 saturated heterocycles. The highest BCUT2D eigenvalue weighted by Crippen LogP contribution is 2.05. The van der Waals surface area contributed by atoms with Gasteiger partial charge in [0.1, 0.15) is 17.6 Å². The largest absolute Gasteiger partial charge is 0.292 e. The summed E-state index contributed by atoms with van der Waals surface area (Å²) >= 11 is 1.96. The molecule has 0 aliphatic heterocycles. The Morgan fingerprint density at radius 2 is 2.28 bits per heavy atom. The molecular formula is C12H9IN4O. The van der Waals surface area contributed by atoms with Crippen molar-refractivity contribution in [2.45, 2.75) is 13.5 Å². The average molecular weight is 352 g/mol. The van der Waals surface area contributed by atoms with Crippen molar-refractivity contribution in [3.63, 3.8) is 0 Å². The fourth-order valence-corrected chi connectivity index (χ4v) is 1.98. The van der Waals surface area contributed by atoms with Crippen molar-refractivity contribution in [1.82, 2.24) is 14.5 Å². The summed E-state index contributed by atoms with van der Waals surface area (Å²) < 4.78 is 2.16. The first-order valence-corrected chi connectivity index (χ1v) is 6.26. The molecule has 2 aromatic rings. The predicted octanol–water partition coefficient (Wildman–Crippen LogP) is 1.47. The summed E-state index contributed by atoms with van der Waals surface area (Å²) in [6, 6.07) is 5.43. The highest BCUT2D eigenvalue weighted by Gasteiger charge is 2.06. The zero-order chi connectivity index (χ0) is 13.1. The molecule has 0 N–H and O–H groups in total. The molecule has 5 nitrogen and oxygen atoms in total. The summed E-state index contributed by atoms with van der Waals surface area (Å²) in [4.78, 5) is 20.0. The van der Waals surface area contributed by atoms with Crippen molar-refractivity contribution in [2.24, 2.45) is 0 Å². The molecule has 0 aromatic carbocycles. The van der Waals surface area contributed by atoms with Gasteiger partial charge in [0.15, 0.2) is 0 Å². The van der Waals surface area contributed by atoms with Crippen LogP contribution in [0.1, 0.15) is 17.1 Å². The van der Waals surface area contributed by atoms with Crippen molar-refractivity contribution in [1.29, 1.82) is 5.26 Å². The molecule has 0 bridgehead atoms. The molecule has 0 fully saturated rings. The number of aryl methyl sites for hydroxylation is 1. The number of hydrogen-bond donors (Lipinski definition) is 0. The first-order valence-electron chi connectivity index (χ1n) is 5.19. The maximum Gasteiger partial charge on any atom is 0.267 e. The van der Waals surface area contributed by atoms with Gasteiger partial charge in [0.05, 0.1) is 10.1 Å². The van der Waals surface area contributed by atoms with Gasteiger partial charge < -0.3 is 0 Å². The quantitative estimate of drug-likeness (QED) is 0.768. The Balaban J connectivity index is 2.43. The van der Waals surface area contributed by atoms with E-state index in [-0.39, 0.29) is 5.56 Å². The van der Waals surface area contributed by atoms with E-state index in [1.54, 1.807) is 36.0 Å². The molecule has 0 amide bonds. The van der Waals surface area contributed by atoms with E-state index < -0.39 is 0 Å². The Kier molecular flexibility index (Phi) is 3.72. The van der Waals surface area contributed by atoms with E-state index in [1.165, 1.54) is 0 Å². The molecule has 0 spiro atoms. The molecule has 0 atom stereocenters. The highest BCUT2D eigenvalue weighted by molar-refractivity contribution is 14.1. The molecule has 6 heteroatoms. The predicted molar refractivity (Wildman–Crippen MR) is 74.0 cm³/mol. The number of nitrogens with zero attached hydrogens (tertiary/aromatic N) is 4. The number of halogens is 1. The van der Waals surface area contributed by atoms with Gasteiger partial charge in [-0.3, -0.25) is 9.36 Å². The molecule has 2 heterocycles. The van der Waals surface area contributed by atoms with Crippen molar-refractivity contribution in [3.8, 4) is 6.07 Å². The topological polar surface area (TPSA) is 71.6 Å². The molecule has 2 aromatic heterocycles. The Hall–Kier alpha value is -1.75. The lowest BCUT2D eigenvalue weighted by atomic mass is 10.2. The third kappa shape index (κ3) is 2.56. The van der Waals surface area contributed by atoms with Crippen molar-refractivity contribution >= 4 is 22.6 Å². The lowest BCUT2D eigenvalue weighted by Crippen LogP contribution is -2.26. The van der Waals surface area contributed by atoms with Gasteiger partial charge >= 0.3 is 0 Å². The van der Waals surface area contributed by atoms with Crippen LogP contribution in [0.25, 0.3) is 0 Å². The van der Waals surface area contributed by atoms with Gasteiger partial charge in [-0.25, -0.2) is 9.97 Å². The van der Waals surface area contributed by atoms with Gasteiger partial charge in [-0.05, 0) is 47.2 Å². The van der Waals surface area contributed by atoms with Gasteiger partial charge in [-0.1, -0.05) is 0 Å². The summed E-state index contributed by atoms with van der Waals surface area (Å²) in [5.74, 6) is 0.649. The van der Waals surface area contributed by atoms with Crippen LogP contribution in [-0.2, 0) is 6.54 Å². The van der Waals surface area contributed by atoms with Crippen LogP contribution in [0.15, 0.2) is 29.3 Å². The van der Waals surface area contributed by atoms with Gasteiger partial charge in [-0.2, -0.15) is 5.26 Å². The molecule has 0 aliphatic carbocycles. The summed E-state index contributed by atoms with van der Waals surface area (Å²) in [5, 5.41) is 8.79. The maximum absolute atomic E-state index is 12.0. The van der Waals surface area contributed by atoms with E-state index in [2.05, 4.69) is 9.97 Å². The Labute approximate surface area is 117 Å². The third-order valence-corrected chi connectivity index (χ3v) is 3.22. The number of hydrogen-bond acceptors (Lipinski definition) is 4. The zero-order valence-corrected chi connectivity index (χ0v) is 11.7. The van der Waals surface area contributed by atoms with Crippen LogP contribution in [-0.4, -0.2) is 14.5 Å². The van der Waals surface area contributed by atoms with Crippen molar-refractivity contribution in [3.05, 3.63) is 55.5 Å². The van der Waals surface area contributed by atoms with Crippen LogP contribution in [0.2, 0.25) is 0 Å². The van der Waals surface area contributed by atoms with E-state index in [0.717, 1.165) is 5.56 Å². The maximum atomic E-state index is 12.0. The smallest absolute Gasteiger partial charge is 0.267 e. The van der Waals surface area contributed by atoms with Crippen LogP contribution in [0.3, 0.4) is 0 Å². The van der Waals surface area contributed by atoms with Gasteiger partial charge in [0, 0.05) is 12.4 Å². The Bertz CT molecular complexity index is 687. The molecule has 90 valence electrons. The molecule has 0 radical (unpaired) electrons. The fourth-order valence-electron chi connectivity index (χ4n) is 1.55. The summed E-state index contributed by atoms with van der Waals surface area (Å²) in [5.41, 5.74) is 1.13. The van der Waals surface area contributed by atoms with Crippen LogP contribution < -0.4 is 5.56 Å². The highest BCUT2D eigenvalue weighted by atomic mass is 127. The Morgan fingerprint density at radius 1 is 1.50 bits per heavy atom. The molecule has 2 rings (SSSR count). The van der Waals surface area contributed by atoms with Gasteiger partial charge in [0.2, 0.25) is 0 Å². The molecular weight excluding hydrogens is 343 g/mol. The second-order valence-electron chi connectivity index (χ2n) is 3.71. The second kappa shape index (κ2) is 5.27. The van der Waals surface area contributed by atoms with Gasteiger partial charge in [0.25, 0.3) is 5.56 Å². The van der Waals surface area contributed by atoms with Crippen LogP contribution >= 0.6 is 22.6 Å². The minimum Gasteiger partial charge on any atom is -0.292 e. The van der Waals surface area contributed by atoms with E-state index in [1.807, 2.05) is 28.7 Å². The van der Waals surface area contributed by atoms with Crippen LogP contribution in [0.4, 0.5) is 0 Å². The SMILES string of the molecule is Cc1ncc(I)c(=O)n1Cc1ccnc(C#N)c1. The lowest BCUT2D eigenvalue weighted by molar-refractivity contribution is 0.694. The summed E-state index contributed by atoms with van der Waals surface area (Å²) in [7, 11) is 0. The minimum atomic E-state index is -0.0709. The molecule has 0 unspecified atom stereocenters. The number of rotatable bonds is 2. The van der Waals surface area contributed by atoms with Crippen molar-refractivity contribution < 1.29 is 0 Å². The Morgan fingerprint density at radius 3 is 3.00 bits per heavy atom. The van der Waals surface area contributed by atoms with E-state index in [9.17, 15) is 4.79 Å². The summed E-state index contributed by atoms with van der Waals surface area (Å²) in [6.07, 6.45) is 3.12. The van der Waals surface area contributed by atoms with Crippen LogP contribution in [0.5, 0.6) is 0 Å². The van der Waals surface area contributed by atoms with E-state index >= 15 is 0 Å². The van der Waals surface area contributed by atoms with Gasteiger partial charge in [-0.15, -0.1) is 0 Å². The average Bonchev–Trinajstić information content (AvgIpc) is 2.39. The fraction of sp³-hybridized carbons (Fsp3) is 0.167. The third-order valence-electron chi connectivity index (χ3n) is 2.48.